The van der Waals surface area contributed by atoms with Crippen molar-refractivity contribution in [3.05, 3.63) is 229 Å². The van der Waals surface area contributed by atoms with Gasteiger partial charge in [0.05, 0.1) is 47.8 Å². The number of para-hydroxylation sites is 4. The maximum Gasteiger partial charge on any atom is 0.207 e. The normalized spacial score (nSPS) is 11.5. The van der Waals surface area contributed by atoms with Crippen molar-refractivity contribution in [2.45, 2.75) is 27.7 Å². The van der Waals surface area contributed by atoms with Crippen LogP contribution in [0.1, 0.15) is 22.3 Å². The number of aryl methyl sites for hydroxylation is 4. The number of benzene rings is 8. The van der Waals surface area contributed by atoms with E-state index in [-0.39, 0.29) is 0 Å². The summed E-state index contributed by atoms with van der Waals surface area (Å²) in [5.41, 5.74) is 11.6. The van der Waals surface area contributed by atoms with Gasteiger partial charge in [-0.15, -0.1) is 0 Å². The SMILES string of the molecule is Cc1ccoc1N(c1ccccc1)c1cc(N(c2ccccc2)c2occc2C)c2ccc3c(N(c4ccccc4)c4occc4C)cc(N(c4ccccc4)c4occc4C)c4ccc1c2c43. The molecule has 0 fully saturated rings. The molecule has 12 rings (SSSR count). The van der Waals surface area contributed by atoms with Crippen molar-refractivity contribution >= 4 is 101 Å². The first-order valence-corrected chi connectivity index (χ1v) is 22.8. The van der Waals surface area contributed by atoms with Crippen LogP contribution in [0.5, 0.6) is 0 Å². The molecule has 0 spiro atoms. The molecule has 0 aliphatic rings. The zero-order valence-electron chi connectivity index (χ0n) is 38.1. The second-order valence-corrected chi connectivity index (χ2v) is 17.2. The highest BCUT2D eigenvalue weighted by atomic mass is 16.4. The summed E-state index contributed by atoms with van der Waals surface area (Å²) in [5, 5.41) is 6.28. The van der Waals surface area contributed by atoms with E-state index in [0.29, 0.717) is 0 Å². The maximum absolute atomic E-state index is 6.47. The van der Waals surface area contributed by atoms with Crippen LogP contribution in [0, 0.1) is 27.7 Å². The van der Waals surface area contributed by atoms with Crippen LogP contribution < -0.4 is 19.6 Å². The van der Waals surface area contributed by atoms with E-state index in [0.717, 1.165) is 124 Å². The van der Waals surface area contributed by atoms with Crippen molar-refractivity contribution in [2.75, 3.05) is 19.6 Å². The number of furan rings is 4. The molecule has 0 N–H and O–H groups in total. The third-order valence-electron chi connectivity index (χ3n) is 13.0. The van der Waals surface area contributed by atoms with Crippen molar-refractivity contribution in [1.29, 1.82) is 0 Å². The third kappa shape index (κ3) is 6.60. The molecule has 8 heteroatoms. The van der Waals surface area contributed by atoms with Crippen molar-refractivity contribution in [2.24, 2.45) is 0 Å². The van der Waals surface area contributed by atoms with Gasteiger partial charge < -0.3 is 17.7 Å². The lowest BCUT2D eigenvalue weighted by Gasteiger charge is -2.33. The molecule has 0 bridgehead atoms. The molecule has 0 radical (unpaired) electrons. The molecule has 4 aromatic heterocycles. The van der Waals surface area contributed by atoms with Gasteiger partial charge in [-0.05, 0) is 113 Å². The Morgan fingerprint density at radius 2 is 0.485 bits per heavy atom. The Balaban J connectivity index is 1.29. The lowest BCUT2D eigenvalue weighted by Crippen LogP contribution is -2.16. The highest BCUT2D eigenvalue weighted by Gasteiger charge is 2.31. The van der Waals surface area contributed by atoms with E-state index >= 15 is 0 Å². The Hall–Kier alpha value is -8.88. The van der Waals surface area contributed by atoms with Crippen LogP contribution in [0.15, 0.2) is 225 Å². The Labute approximate surface area is 394 Å². The summed E-state index contributed by atoms with van der Waals surface area (Å²) in [6.07, 6.45) is 7.06. The quantitative estimate of drug-likeness (QED) is 0.112. The molecule has 0 unspecified atom stereocenters. The van der Waals surface area contributed by atoms with Gasteiger partial charge in [-0.25, -0.2) is 0 Å². The number of hydrogen-bond acceptors (Lipinski definition) is 8. The molecular weight excluding hydrogens is 841 g/mol. The molecule has 0 atom stereocenters. The van der Waals surface area contributed by atoms with Gasteiger partial charge in [-0.3, -0.25) is 19.6 Å². The minimum Gasteiger partial charge on any atom is -0.448 e. The monoisotopic (exact) mass is 886 g/mol. The van der Waals surface area contributed by atoms with Gasteiger partial charge in [-0.1, -0.05) is 97.1 Å². The standard InChI is InChI=1S/C60H46N4O4/c1-39-29-33-65-57(39)61(43-17-9-5-10-18-43)51-37-52(62(44-19-11-6-12-20-44)58-40(2)30-34-66-58)48-27-28-50-54(64(46-23-15-8-16-24-46)60-42(4)32-36-68-60)38-53(49-26-25-47(51)55(48)56(49)50)63(45-21-13-7-14-22-45)59-41(3)31-35-67-59/h5-38H,1-4H3. The molecule has 0 saturated carbocycles. The van der Waals surface area contributed by atoms with Crippen LogP contribution in [0.25, 0.3) is 32.3 Å². The molecular formula is C60H46N4O4. The van der Waals surface area contributed by atoms with E-state index in [1.165, 1.54) is 0 Å². The van der Waals surface area contributed by atoms with Gasteiger partial charge in [0.15, 0.2) is 0 Å². The van der Waals surface area contributed by atoms with Crippen molar-refractivity contribution in [3.8, 4) is 0 Å². The largest absolute Gasteiger partial charge is 0.448 e. The summed E-state index contributed by atoms with van der Waals surface area (Å²) in [7, 11) is 0. The van der Waals surface area contributed by atoms with Crippen LogP contribution in [-0.2, 0) is 0 Å². The fourth-order valence-electron chi connectivity index (χ4n) is 9.81. The summed E-state index contributed by atoms with van der Waals surface area (Å²) in [5.74, 6) is 2.91. The number of rotatable bonds is 12. The second kappa shape index (κ2) is 16.5. The smallest absolute Gasteiger partial charge is 0.207 e. The highest BCUT2D eigenvalue weighted by molar-refractivity contribution is 6.33. The van der Waals surface area contributed by atoms with E-state index in [9.17, 15) is 0 Å². The molecule has 330 valence electrons. The molecule has 0 saturated heterocycles. The predicted octanol–water partition coefficient (Wildman–Crippen LogP) is 18.1. The minimum atomic E-state index is 0.728. The fourth-order valence-corrected chi connectivity index (χ4v) is 9.81. The Bertz CT molecular complexity index is 3220. The minimum absolute atomic E-state index is 0.728. The number of nitrogens with zero attached hydrogens (tertiary/aromatic N) is 4. The van der Waals surface area contributed by atoms with Crippen LogP contribution >= 0.6 is 0 Å². The van der Waals surface area contributed by atoms with E-state index in [2.05, 4.69) is 181 Å². The Morgan fingerprint density at radius 1 is 0.265 bits per heavy atom. The highest BCUT2D eigenvalue weighted by Crippen LogP contribution is 2.55. The summed E-state index contributed by atoms with van der Waals surface area (Å²) >= 11 is 0. The number of anilines is 12. The first-order valence-electron chi connectivity index (χ1n) is 22.8. The zero-order valence-corrected chi connectivity index (χ0v) is 38.1. The van der Waals surface area contributed by atoms with Crippen molar-refractivity contribution < 1.29 is 17.7 Å². The van der Waals surface area contributed by atoms with Gasteiger partial charge in [0.25, 0.3) is 0 Å². The van der Waals surface area contributed by atoms with Crippen molar-refractivity contribution in [1.82, 2.24) is 0 Å². The summed E-state index contributed by atoms with van der Waals surface area (Å²) in [6.45, 7) is 8.37. The average molecular weight is 887 g/mol. The second-order valence-electron chi connectivity index (χ2n) is 17.2. The predicted molar refractivity (Wildman–Crippen MR) is 277 cm³/mol. The fraction of sp³-hybridized carbons (Fsp3) is 0.0667. The Morgan fingerprint density at radius 3 is 0.676 bits per heavy atom. The summed E-state index contributed by atoms with van der Waals surface area (Å²) < 4.78 is 25.9. The van der Waals surface area contributed by atoms with E-state index in [4.69, 9.17) is 17.7 Å². The Kier molecular flexibility index (Phi) is 9.87. The molecule has 12 aromatic rings. The zero-order chi connectivity index (χ0) is 45.9. The number of hydrogen-bond donors (Lipinski definition) is 0. The summed E-state index contributed by atoms with van der Waals surface area (Å²) in [6, 6.07) is 63.6. The lowest BCUT2D eigenvalue weighted by atomic mass is 9.89. The van der Waals surface area contributed by atoms with Crippen LogP contribution in [-0.4, -0.2) is 0 Å². The van der Waals surface area contributed by atoms with Gasteiger partial charge >= 0.3 is 0 Å². The first kappa shape index (κ1) is 40.6. The lowest BCUT2D eigenvalue weighted by molar-refractivity contribution is 0.571. The van der Waals surface area contributed by atoms with E-state index < -0.39 is 0 Å². The topological polar surface area (TPSA) is 65.5 Å². The molecule has 68 heavy (non-hydrogen) atoms. The molecule has 0 aliphatic heterocycles. The van der Waals surface area contributed by atoms with E-state index in [1.54, 1.807) is 25.1 Å². The van der Waals surface area contributed by atoms with Crippen LogP contribution in [0.3, 0.4) is 0 Å². The van der Waals surface area contributed by atoms with Gasteiger partial charge in [0.1, 0.15) is 0 Å². The summed E-state index contributed by atoms with van der Waals surface area (Å²) in [4.78, 5) is 8.98. The van der Waals surface area contributed by atoms with Gasteiger partial charge in [-0.2, -0.15) is 0 Å². The van der Waals surface area contributed by atoms with E-state index in [1.807, 2.05) is 48.5 Å². The maximum atomic E-state index is 6.47. The van der Waals surface area contributed by atoms with Crippen LogP contribution in [0.4, 0.5) is 69.0 Å². The van der Waals surface area contributed by atoms with Crippen LogP contribution in [0.2, 0.25) is 0 Å². The van der Waals surface area contributed by atoms with Gasteiger partial charge in [0.2, 0.25) is 23.5 Å². The third-order valence-corrected chi connectivity index (χ3v) is 13.0. The van der Waals surface area contributed by atoms with Crippen molar-refractivity contribution in [3.63, 3.8) is 0 Å². The molecule has 8 nitrogen and oxygen atoms in total. The first-order chi connectivity index (χ1) is 33.4. The molecule has 0 amide bonds. The molecule has 4 heterocycles. The average Bonchev–Trinajstić information content (AvgIpc) is 4.21. The molecule has 0 aliphatic carbocycles. The van der Waals surface area contributed by atoms with Gasteiger partial charge in [0, 0.05) is 77.3 Å². The molecule has 8 aromatic carbocycles.